The first kappa shape index (κ1) is 12.9. The molecular formula is C9H16N3O4-. The van der Waals surface area contributed by atoms with Crippen molar-refractivity contribution in [2.45, 2.75) is 38.4 Å². The van der Waals surface area contributed by atoms with Crippen LogP contribution < -0.4 is 5.73 Å². The van der Waals surface area contributed by atoms with Crippen molar-refractivity contribution >= 4 is 11.9 Å². The topological polar surface area (TPSA) is 110 Å². The van der Waals surface area contributed by atoms with Crippen molar-refractivity contribution in [1.29, 1.82) is 0 Å². The first-order chi connectivity index (χ1) is 7.34. The molecule has 0 aliphatic carbocycles. The van der Waals surface area contributed by atoms with E-state index in [1.54, 1.807) is 13.8 Å². The number of amides is 1. The van der Waals surface area contributed by atoms with Gasteiger partial charge in [-0.15, -0.1) is 0 Å². The Hall–Kier alpha value is -1.18. The van der Waals surface area contributed by atoms with Crippen LogP contribution in [0.15, 0.2) is 0 Å². The lowest BCUT2D eigenvalue weighted by atomic mass is 10.1. The number of aliphatic carboxylic acids is 1. The van der Waals surface area contributed by atoms with Gasteiger partial charge >= 0.3 is 5.97 Å². The molecule has 1 saturated heterocycles. The summed E-state index contributed by atoms with van der Waals surface area (Å²) in [6, 6.07) is -1.51. The Kier molecular flexibility index (Phi) is 3.84. The van der Waals surface area contributed by atoms with Crippen LogP contribution in [-0.2, 0) is 9.59 Å². The molecule has 1 rings (SSSR count). The molecule has 3 unspecified atom stereocenters. The largest absolute Gasteiger partial charge is 0.784 e. The van der Waals surface area contributed by atoms with Crippen LogP contribution in [0.3, 0.4) is 0 Å². The molecular weight excluding hydrogens is 214 g/mol. The Bertz CT molecular complexity index is 296. The quantitative estimate of drug-likeness (QED) is 0.652. The molecule has 0 spiro atoms. The third-order valence-electron chi connectivity index (χ3n) is 3.06. The number of nitrogens with zero attached hydrogens (tertiary/aromatic N) is 2. The van der Waals surface area contributed by atoms with E-state index in [1.165, 1.54) is 4.90 Å². The molecule has 0 bridgehead atoms. The van der Waals surface area contributed by atoms with E-state index in [9.17, 15) is 14.8 Å². The average molecular weight is 230 g/mol. The van der Waals surface area contributed by atoms with E-state index in [-0.39, 0.29) is 25.2 Å². The molecule has 92 valence electrons. The van der Waals surface area contributed by atoms with Crippen LogP contribution in [0.5, 0.6) is 0 Å². The SMILES string of the molecule is CC1C(C)N(C(CC(N)=O)C(=O)O)CN1[O-]. The lowest BCUT2D eigenvalue weighted by molar-refractivity contribution is -0.145. The highest BCUT2D eigenvalue weighted by atomic mass is 16.5. The van der Waals surface area contributed by atoms with Crippen LogP contribution in [-0.4, -0.2) is 51.7 Å². The summed E-state index contributed by atoms with van der Waals surface area (Å²) in [6.07, 6.45) is -0.278. The second-order valence-corrected chi connectivity index (χ2v) is 4.08. The molecule has 0 saturated carbocycles. The lowest BCUT2D eigenvalue weighted by Gasteiger charge is -2.27. The minimum absolute atomic E-state index is 0.00736. The Balaban J connectivity index is 2.80. The van der Waals surface area contributed by atoms with E-state index >= 15 is 0 Å². The minimum atomic E-state index is -1.13. The monoisotopic (exact) mass is 230 g/mol. The molecule has 3 atom stereocenters. The molecule has 3 N–H and O–H groups in total. The molecule has 1 fully saturated rings. The van der Waals surface area contributed by atoms with Gasteiger partial charge in [0.25, 0.3) is 0 Å². The second-order valence-electron chi connectivity index (χ2n) is 4.08. The van der Waals surface area contributed by atoms with Crippen LogP contribution in [0.2, 0.25) is 0 Å². The van der Waals surface area contributed by atoms with Gasteiger partial charge in [0.2, 0.25) is 5.91 Å². The molecule has 7 heteroatoms. The summed E-state index contributed by atoms with van der Waals surface area (Å²) in [7, 11) is 0. The van der Waals surface area contributed by atoms with Crippen molar-refractivity contribution in [3.8, 4) is 0 Å². The third kappa shape index (κ3) is 2.49. The molecule has 0 aromatic rings. The zero-order valence-corrected chi connectivity index (χ0v) is 9.29. The molecule has 1 aliphatic heterocycles. The maximum atomic E-state index is 11.4. The number of hydrogen-bond donors (Lipinski definition) is 2. The van der Waals surface area contributed by atoms with Crippen LogP contribution in [0.4, 0.5) is 0 Å². The fourth-order valence-corrected chi connectivity index (χ4v) is 1.86. The van der Waals surface area contributed by atoms with E-state index in [1.807, 2.05) is 0 Å². The van der Waals surface area contributed by atoms with E-state index in [0.717, 1.165) is 5.06 Å². The van der Waals surface area contributed by atoms with Crippen molar-refractivity contribution in [2.24, 2.45) is 5.73 Å². The summed E-state index contributed by atoms with van der Waals surface area (Å²) in [5, 5.41) is 21.2. The van der Waals surface area contributed by atoms with Crippen molar-refractivity contribution in [2.75, 3.05) is 6.67 Å². The van der Waals surface area contributed by atoms with Gasteiger partial charge in [0, 0.05) is 18.8 Å². The summed E-state index contributed by atoms with van der Waals surface area (Å²) in [5.41, 5.74) is 4.99. The summed E-state index contributed by atoms with van der Waals surface area (Å²) in [6.45, 7) is 3.48. The van der Waals surface area contributed by atoms with Gasteiger partial charge in [0.15, 0.2) is 0 Å². The smallest absolute Gasteiger partial charge is 0.321 e. The molecule has 0 aromatic carbocycles. The van der Waals surface area contributed by atoms with Gasteiger partial charge in [0.05, 0.1) is 6.42 Å². The first-order valence-electron chi connectivity index (χ1n) is 5.05. The van der Waals surface area contributed by atoms with Crippen LogP contribution in [0.1, 0.15) is 20.3 Å². The molecule has 1 amide bonds. The van der Waals surface area contributed by atoms with Crippen molar-refractivity contribution in [3.05, 3.63) is 5.21 Å². The Morgan fingerprint density at radius 2 is 2.06 bits per heavy atom. The van der Waals surface area contributed by atoms with Gasteiger partial charge in [-0.25, -0.2) is 0 Å². The number of carbonyl (C=O) groups excluding carboxylic acids is 1. The van der Waals surface area contributed by atoms with Crippen LogP contribution >= 0.6 is 0 Å². The number of rotatable bonds is 4. The van der Waals surface area contributed by atoms with Gasteiger partial charge in [-0.05, 0) is 13.8 Å². The molecule has 16 heavy (non-hydrogen) atoms. The predicted octanol–water partition coefficient (Wildman–Crippen LogP) is -0.835. The third-order valence-corrected chi connectivity index (χ3v) is 3.06. The van der Waals surface area contributed by atoms with Crippen LogP contribution in [0.25, 0.3) is 0 Å². The van der Waals surface area contributed by atoms with Gasteiger partial charge in [-0.1, -0.05) is 0 Å². The van der Waals surface area contributed by atoms with Crippen LogP contribution in [0, 0.1) is 5.21 Å². The predicted molar refractivity (Wildman–Crippen MR) is 56.1 cm³/mol. The lowest BCUT2D eigenvalue weighted by Crippen LogP contribution is -2.46. The number of primary amides is 1. The Labute approximate surface area is 93.4 Å². The highest BCUT2D eigenvalue weighted by Gasteiger charge is 2.37. The van der Waals surface area contributed by atoms with E-state index in [0.29, 0.717) is 0 Å². The fourth-order valence-electron chi connectivity index (χ4n) is 1.86. The van der Waals surface area contributed by atoms with E-state index in [4.69, 9.17) is 10.8 Å². The zero-order chi connectivity index (χ0) is 12.5. The molecule has 0 radical (unpaired) electrons. The summed E-state index contributed by atoms with van der Waals surface area (Å²) in [5.74, 6) is -1.82. The van der Waals surface area contributed by atoms with Gasteiger partial charge in [-0.2, -0.15) is 0 Å². The highest BCUT2D eigenvalue weighted by Crippen LogP contribution is 2.23. The molecule has 1 aliphatic rings. The maximum absolute atomic E-state index is 11.4. The maximum Gasteiger partial charge on any atom is 0.321 e. The first-order valence-corrected chi connectivity index (χ1v) is 5.05. The number of carboxylic acids is 1. The van der Waals surface area contributed by atoms with E-state index < -0.39 is 17.9 Å². The molecule has 1 heterocycles. The number of carboxylic acid groups (broad SMARTS) is 1. The molecule has 0 aromatic heterocycles. The van der Waals surface area contributed by atoms with E-state index in [2.05, 4.69) is 0 Å². The number of nitrogens with two attached hydrogens (primary N) is 1. The standard InChI is InChI=1S/C9H16N3O4/c1-5-6(2)12(16)4-11(5)7(9(14)15)3-8(10)13/h5-7H,3-4H2,1-2H3,(H2,10,13)(H,14,15)/q-1. The van der Waals surface area contributed by atoms with Gasteiger partial charge < -0.3 is 21.1 Å². The second kappa shape index (κ2) is 4.77. The fraction of sp³-hybridized carbons (Fsp3) is 0.778. The van der Waals surface area contributed by atoms with Crippen molar-refractivity contribution < 1.29 is 14.7 Å². The Morgan fingerprint density at radius 3 is 2.38 bits per heavy atom. The number of carbonyl (C=O) groups is 2. The zero-order valence-electron chi connectivity index (χ0n) is 9.29. The molecule has 7 nitrogen and oxygen atoms in total. The summed E-state index contributed by atoms with van der Waals surface area (Å²) < 4.78 is 0. The summed E-state index contributed by atoms with van der Waals surface area (Å²) in [4.78, 5) is 23.3. The van der Waals surface area contributed by atoms with Crippen molar-refractivity contribution in [1.82, 2.24) is 9.96 Å². The van der Waals surface area contributed by atoms with Gasteiger partial charge in [-0.3, -0.25) is 14.5 Å². The summed E-state index contributed by atoms with van der Waals surface area (Å²) >= 11 is 0. The Morgan fingerprint density at radius 1 is 1.50 bits per heavy atom. The number of hydroxylamine groups is 2. The van der Waals surface area contributed by atoms with Crippen molar-refractivity contribution in [3.63, 3.8) is 0 Å². The normalized spacial score (nSPS) is 29.2. The highest BCUT2D eigenvalue weighted by molar-refractivity contribution is 5.83. The van der Waals surface area contributed by atoms with Gasteiger partial charge in [0.1, 0.15) is 6.04 Å². The average Bonchev–Trinajstić information content (AvgIpc) is 2.42. The minimum Gasteiger partial charge on any atom is -0.784 e. The number of hydrogen-bond acceptors (Lipinski definition) is 5.